The standard InChI is InChI=1S/C24H28N4O/c1-16(2)12-24(3)22(29)28(23(25)27-24)15-17-7-6-9-18(11-17)21-14-26-13-19-8-4-5-10-20(19)21/h4-7,9-11,13-14,16,19H,8,12,15H2,1-3H3,(H2,25,27). The number of aliphatic imine (C=N–C) groups is 2. The summed E-state index contributed by atoms with van der Waals surface area (Å²) >= 11 is 0. The molecule has 0 aromatic heterocycles. The Kier molecular flexibility index (Phi) is 4.99. The molecule has 0 saturated carbocycles. The average molecular weight is 389 g/mol. The van der Waals surface area contributed by atoms with E-state index in [1.54, 1.807) is 4.90 Å². The summed E-state index contributed by atoms with van der Waals surface area (Å²) in [5.41, 5.74) is 9.96. The molecule has 5 heteroatoms. The minimum absolute atomic E-state index is 0.0178. The molecule has 0 radical (unpaired) electrons. The zero-order valence-electron chi connectivity index (χ0n) is 17.3. The summed E-state index contributed by atoms with van der Waals surface area (Å²) in [6.07, 6.45) is 12.1. The minimum atomic E-state index is -0.761. The minimum Gasteiger partial charge on any atom is -0.369 e. The summed E-state index contributed by atoms with van der Waals surface area (Å²) in [5.74, 6) is 0.998. The van der Waals surface area contributed by atoms with Crippen LogP contribution >= 0.6 is 0 Å². The largest absolute Gasteiger partial charge is 0.369 e. The van der Waals surface area contributed by atoms with Gasteiger partial charge >= 0.3 is 0 Å². The Bertz CT molecular complexity index is 982. The van der Waals surface area contributed by atoms with Gasteiger partial charge in [0.2, 0.25) is 0 Å². The summed E-state index contributed by atoms with van der Waals surface area (Å²) < 4.78 is 0. The topological polar surface area (TPSA) is 71.0 Å². The van der Waals surface area contributed by atoms with Crippen molar-refractivity contribution < 1.29 is 4.79 Å². The molecule has 1 aromatic carbocycles. The second-order valence-corrected chi connectivity index (χ2v) is 8.67. The van der Waals surface area contributed by atoms with E-state index in [0.29, 0.717) is 30.8 Å². The fourth-order valence-corrected chi connectivity index (χ4v) is 4.47. The van der Waals surface area contributed by atoms with E-state index in [-0.39, 0.29) is 5.91 Å². The Morgan fingerprint density at radius 2 is 2.17 bits per heavy atom. The van der Waals surface area contributed by atoms with Gasteiger partial charge in [-0.3, -0.25) is 14.7 Å². The van der Waals surface area contributed by atoms with Crippen LogP contribution in [-0.4, -0.2) is 28.5 Å². The predicted molar refractivity (Wildman–Crippen MR) is 118 cm³/mol. The summed E-state index contributed by atoms with van der Waals surface area (Å²) in [6, 6.07) is 8.28. The molecule has 2 unspecified atom stereocenters. The Balaban J connectivity index is 1.58. The molecule has 1 amide bonds. The molecule has 1 aliphatic carbocycles. The second-order valence-electron chi connectivity index (χ2n) is 8.67. The third-order valence-corrected chi connectivity index (χ3v) is 5.71. The van der Waals surface area contributed by atoms with Crippen LogP contribution in [0.15, 0.2) is 64.3 Å². The van der Waals surface area contributed by atoms with Crippen LogP contribution < -0.4 is 5.73 Å². The Hall–Kier alpha value is -2.95. The molecule has 2 N–H and O–H groups in total. The van der Waals surface area contributed by atoms with Crippen LogP contribution in [0.3, 0.4) is 0 Å². The molecule has 0 fully saturated rings. The number of carbonyl (C=O) groups is 1. The molecule has 29 heavy (non-hydrogen) atoms. The number of hydrogen-bond donors (Lipinski definition) is 1. The quantitative estimate of drug-likeness (QED) is 0.826. The predicted octanol–water partition coefficient (Wildman–Crippen LogP) is 4.08. The van der Waals surface area contributed by atoms with Crippen molar-refractivity contribution in [1.82, 2.24) is 4.90 Å². The number of carbonyl (C=O) groups excluding carboxylic acids is 1. The molecule has 1 aromatic rings. The second kappa shape index (κ2) is 7.47. The number of nitrogens with two attached hydrogens (primary N) is 1. The number of nitrogens with zero attached hydrogens (tertiary/aromatic N) is 3. The number of guanidine groups is 1. The van der Waals surface area contributed by atoms with Gasteiger partial charge in [-0.25, -0.2) is 4.99 Å². The van der Waals surface area contributed by atoms with Crippen LogP contribution in [-0.2, 0) is 11.3 Å². The molecule has 150 valence electrons. The van der Waals surface area contributed by atoms with E-state index >= 15 is 0 Å². The van der Waals surface area contributed by atoms with Gasteiger partial charge in [0.25, 0.3) is 5.91 Å². The zero-order valence-corrected chi connectivity index (χ0v) is 17.3. The number of fused-ring (bicyclic) bond motifs is 1. The van der Waals surface area contributed by atoms with Gasteiger partial charge < -0.3 is 5.73 Å². The highest BCUT2D eigenvalue weighted by molar-refractivity contribution is 6.06. The van der Waals surface area contributed by atoms with E-state index < -0.39 is 5.54 Å². The van der Waals surface area contributed by atoms with Crippen LogP contribution in [0.4, 0.5) is 0 Å². The third-order valence-electron chi connectivity index (χ3n) is 5.71. The highest BCUT2D eigenvalue weighted by atomic mass is 16.2. The van der Waals surface area contributed by atoms with Gasteiger partial charge in [-0.2, -0.15) is 0 Å². The van der Waals surface area contributed by atoms with E-state index in [2.05, 4.69) is 54.2 Å². The maximum atomic E-state index is 13.0. The van der Waals surface area contributed by atoms with Crippen molar-refractivity contribution in [1.29, 1.82) is 0 Å². The Labute approximate surface area is 172 Å². The number of benzene rings is 1. The first-order valence-electron chi connectivity index (χ1n) is 10.2. The maximum Gasteiger partial charge on any atom is 0.257 e. The van der Waals surface area contributed by atoms with Crippen molar-refractivity contribution in [2.24, 2.45) is 27.6 Å². The summed E-state index contributed by atoms with van der Waals surface area (Å²) in [4.78, 5) is 23.6. The molecule has 0 saturated heterocycles. The molecular weight excluding hydrogens is 360 g/mol. The molecular formula is C24H28N4O. The molecule has 0 bridgehead atoms. The zero-order chi connectivity index (χ0) is 20.6. The lowest BCUT2D eigenvalue weighted by Crippen LogP contribution is -2.43. The number of hydrogen-bond acceptors (Lipinski definition) is 4. The van der Waals surface area contributed by atoms with E-state index in [4.69, 9.17) is 5.73 Å². The fourth-order valence-electron chi connectivity index (χ4n) is 4.47. The third kappa shape index (κ3) is 3.69. The van der Waals surface area contributed by atoms with Crippen LogP contribution in [0, 0.1) is 11.8 Å². The molecule has 2 aliphatic heterocycles. The molecule has 5 nitrogen and oxygen atoms in total. The number of allylic oxidation sites excluding steroid dienone is 5. The van der Waals surface area contributed by atoms with Gasteiger partial charge in [0.05, 0.1) is 6.54 Å². The lowest BCUT2D eigenvalue weighted by Gasteiger charge is -2.25. The monoisotopic (exact) mass is 388 g/mol. The summed E-state index contributed by atoms with van der Waals surface area (Å²) in [7, 11) is 0. The molecule has 3 aliphatic rings. The van der Waals surface area contributed by atoms with Gasteiger partial charge in [0, 0.05) is 23.9 Å². The Morgan fingerprint density at radius 1 is 1.34 bits per heavy atom. The van der Waals surface area contributed by atoms with Crippen molar-refractivity contribution in [3.05, 3.63) is 65.4 Å². The highest BCUT2D eigenvalue weighted by Crippen LogP contribution is 2.35. The first-order chi connectivity index (χ1) is 13.9. The molecule has 2 atom stereocenters. The van der Waals surface area contributed by atoms with Crippen LogP contribution in [0.1, 0.15) is 44.7 Å². The van der Waals surface area contributed by atoms with E-state index in [1.165, 1.54) is 5.57 Å². The summed E-state index contributed by atoms with van der Waals surface area (Å²) in [6.45, 7) is 6.50. The van der Waals surface area contributed by atoms with Crippen molar-refractivity contribution in [2.45, 2.75) is 45.7 Å². The van der Waals surface area contributed by atoms with E-state index in [9.17, 15) is 4.79 Å². The van der Waals surface area contributed by atoms with Crippen LogP contribution in [0.5, 0.6) is 0 Å². The first kappa shape index (κ1) is 19.4. The van der Waals surface area contributed by atoms with Crippen LogP contribution in [0.2, 0.25) is 0 Å². The smallest absolute Gasteiger partial charge is 0.257 e. The Morgan fingerprint density at radius 3 is 2.97 bits per heavy atom. The van der Waals surface area contributed by atoms with Crippen molar-refractivity contribution in [2.75, 3.05) is 0 Å². The van der Waals surface area contributed by atoms with Crippen LogP contribution in [0.25, 0.3) is 5.57 Å². The summed E-state index contributed by atoms with van der Waals surface area (Å²) in [5, 5.41) is 0. The SMILES string of the molecule is CC(C)CC1(C)N=C(N)N(Cc2cccc(C3=CN=CC4CC=CC=C34)c2)C1=O. The molecule has 2 heterocycles. The van der Waals surface area contributed by atoms with E-state index in [1.807, 2.05) is 31.5 Å². The lowest BCUT2D eigenvalue weighted by atomic mass is 9.83. The number of rotatable bonds is 5. The van der Waals surface area contributed by atoms with Gasteiger partial charge in [-0.1, -0.05) is 50.3 Å². The van der Waals surface area contributed by atoms with Gasteiger partial charge in [0.1, 0.15) is 5.54 Å². The highest BCUT2D eigenvalue weighted by Gasteiger charge is 2.44. The lowest BCUT2D eigenvalue weighted by molar-refractivity contribution is -0.131. The van der Waals surface area contributed by atoms with Crippen molar-refractivity contribution >= 4 is 23.7 Å². The van der Waals surface area contributed by atoms with Gasteiger partial charge in [0.15, 0.2) is 5.96 Å². The first-order valence-corrected chi connectivity index (χ1v) is 10.2. The molecule has 4 rings (SSSR count). The normalized spacial score (nSPS) is 25.8. The molecule has 0 spiro atoms. The average Bonchev–Trinajstić information content (AvgIpc) is 2.90. The fraction of sp³-hybridized carbons (Fsp3) is 0.375. The van der Waals surface area contributed by atoms with Crippen molar-refractivity contribution in [3.8, 4) is 0 Å². The number of amides is 1. The van der Waals surface area contributed by atoms with E-state index in [0.717, 1.165) is 23.1 Å². The van der Waals surface area contributed by atoms with Gasteiger partial charge in [-0.05, 0) is 48.4 Å². The van der Waals surface area contributed by atoms with Gasteiger partial charge in [-0.15, -0.1) is 0 Å². The van der Waals surface area contributed by atoms with Crippen molar-refractivity contribution in [3.63, 3.8) is 0 Å². The maximum absolute atomic E-state index is 13.0.